The lowest BCUT2D eigenvalue weighted by atomic mass is 9.93. The molecule has 3 heteroatoms. The van der Waals surface area contributed by atoms with Crippen molar-refractivity contribution in [2.75, 3.05) is 0 Å². The van der Waals surface area contributed by atoms with E-state index in [1.807, 2.05) is 0 Å². The molecule has 1 aliphatic rings. The fourth-order valence-electron chi connectivity index (χ4n) is 0.974. The van der Waals surface area contributed by atoms with Crippen molar-refractivity contribution in [3.63, 3.8) is 0 Å². The van der Waals surface area contributed by atoms with E-state index in [0.717, 1.165) is 0 Å². The van der Waals surface area contributed by atoms with E-state index in [0.29, 0.717) is 11.9 Å². The molecule has 0 spiro atoms. The SMILES string of the molecule is CC1C(C=O)=CC=C(Cl)C1F. The highest BCUT2D eigenvalue weighted by Crippen LogP contribution is 2.28. The third kappa shape index (κ3) is 1.51. The van der Waals surface area contributed by atoms with Gasteiger partial charge in [-0.1, -0.05) is 24.6 Å². The quantitative estimate of drug-likeness (QED) is 0.557. The van der Waals surface area contributed by atoms with Gasteiger partial charge in [-0.3, -0.25) is 4.79 Å². The topological polar surface area (TPSA) is 17.1 Å². The molecule has 0 aromatic rings. The monoisotopic (exact) mass is 174 g/mol. The first-order chi connectivity index (χ1) is 5.16. The van der Waals surface area contributed by atoms with E-state index in [1.165, 1.54) is 6.08 Å². The van der Waals surface area contributed by atoms with Gasteiger partial charge in [0.1, 0.15) is 12.5 Å². The summed E-state index contributed by atoms with van der Waals surface area (Å²) >= 11 is 5.51. The van der Waals surface area contributed by atoms with E-state index in [9.17, 15) is 9.18 Å². The summed E-state index contributed by atoms with van der Waals surface area (Å²) in [5.74, 6) is -0.412. The van der Waals surface area contributed by atoms with Crippen molar-refractivity contribution >= 4 is 17.9 Å². The minimum absolute atomic E-state index is 0.170. The molecule has 0 aromatic heterocycles. The smallest absolute Gasteiger partial charge is 0.146 e. The van der Waals surface area contributed by atoms with Crippen LogP contribution in [0, 0.1) is 5.92 Å². The Balaban J connectivity index is 2.92. The second-order valence-electron chi connectivity index (χ2n) is 2.53. The zero-order chi connectivity index (χ0) is 8.43. The van der Waals surface area contributed by atoms with Crippen LogP contribution in [0.15, 0.2) is 22.8 Å². The number of carbonyl (C=O) groups excluding carboxylic acids is 1. The highest BCUT2D eigenvalue weighted by molar-refractivity contribution is 6.30. The van der Waals surface area contributed by atoms with E-state index in [4.69, 9.17) is 11.6 Å². The summed E-state index contributed by atoms with van der Waals surface area (Å²) in [5.41, 5.74) is 0.460. The fourth-order valence-corrected chi connectivity index (χ4v) is 1.23. The Kier molecular flexibility index (Phi) is 2.45. The van der Waals surface area contributed by atoms with Crippen molar-refractivity contribution in [2.45, 2.75) is 13.1 Å². The molecule has 2 unspecified atom stereocenters. The Bertz CT molecular complexity index is 232. The fraction of sp³-hybridized carbons (Fsp3) is 0.375. The molecule has 1 nitrogen and oxygen atoms in total. The minimum Gasteiger partial charge on any atom is -0.298 e. The Morgan fingerprint density at radius 1 is 1.64 bits per heavy atom. The number of hydrogen-bond donors (Lipinski definition) is 0. The molecule has 11 heavy (non-hydrogen) atoms. The van der Waals surface area contributed by atoms with Gasteiger partial charge in [0.25, 0.3) is 0 Å². The maximum Gasteiger partial charge on any atom is 0.146 e. The molecule has 0 fully saturated rings. The molecule has 60 valence electrons. The van der Waals surface area contributed by atoms with Crippen LogP contribution in [0.1, 0.15) is 6.92 Å². The number of rotatable bonds is 1. The van der Waals surface area contributed by atoms with Crippen LogP contribution in [0.4, 0.5) is 4.39 Å². The Morgan fingerprint density at radius 3 is 2.82 bits per heavy atom. The molecular formula is C8H8ClFO. The van der Waals surface area contributed by atoms with Gasteiger partial charge in [0.05, 0.1) is 5.03 Å². The molecule has 0 bridgehead atoms. The van der Waals surface area contributed by atoms with Crippen LogP contribution in [0.3, 0.4) is 0 Å². The molecular weight excluding hydrogens is 167 g/mol. The molecule has 0 saturated heterocycles. The summed E-state index contributed by atoms with van der Waals surface area (Å²) in [6.45, 7) is 1.64. The predicted molar refractivity (Wildman–Crippen MR) is 42.1 cm³/mol. The first-order valence-electron chi connectivity index (χ1n) is 3.33. The third-order valence-corrected chi connectivity index (χ3v) is 2.13. The second-order valence-corrected chi connectivity index (χ2v) is 2.96. The number of aldehydes is 1. The molecule has 0 N–H and O–H groups in total. The molecule has 0 amide bonds. The van der Waals surface area contributed by atoms with Gasteiger partial charge in [-0.15, -0.1) is 0 Å². The summed E-state index contributed by atoms with van der Waals surface area (Å²) in [7, 11) is 0. The maximum atomic E-state index is 13.0. The summed E-state index contributed by atoms with van der Waals surface area (Å²) < 4.78 is 13.0. The van der Waals surface area contributed by atoms with E-state index >= 15 is 0 Å². The Labute approximate surface area is 69.5 Å². The van der Waals surface area contributed by atoms with E-state index < -0.39 is 12.1 Å². The van der Waals surface area contributed by atoms with E-state index in [-0.39, 0.29) is 5.03 Å². The van der Waals surface area contributed by atoms with Gasteiger partial charge < -0.3 is 0 Å². The Hall–Kier alpha value is -0.630. The van der Waals surface area contributed by atoms with Crippen LogP contribution in [0.2, 0.25) is 0 Å². The van der Waals surface area contributed by atoms with Crippen molar-refractivity contribution in [2.24, 2.45) is 5.92 Å². The first kappa shape index (κ1) is 8.47. The largest absolute Gasteiger partial charge is 0.298 e. The standard InChI is InChI=1S/C8H8ClFO/c1-5-6(4-11)2-3-7(9)8(5)10/h2-5,8H,1H3. The summed E-state index contributed by atoms with van der Waals surface area (Å²) in [4.78, 5) is 10.3. The lowest BCUT2D eigenvalue weighted by Gasteiger charge is -2.18. The first-order valence-corrected chi connectivity index (χ1v) is 3.71. The number of hydrogen-bond acceptors (Lipinski definition) is 1. The molecule has 0 heterocycles. The number of alkyl halides is 1. The van der Waals surface area contributed by atoms with Gasteiger partial charge in [0, 0.05) is 5.92 Å². The van der Waals surface area contributed by atoms with Crippen molar-refractivity contribution in [1.82, 2.24) is 0 Å². The molecule has 1 rings (SSSR count). The van der Waals surface area contributed by atoms with Crippen LogP contribution >= 0.6 is 11.6 Å². The zero-order valence-corrected chi connectivity index (χ0v) is 6.81. The predicted octanol–water partition coefficient (Wildman–Crippen LogP) is 2.22. The van der Waals surface area contributed by atoms with Gasteiger partial charge in [-0.05, 0) is 11.6 Å². The van der Waals surface area contributed by atoms with Crippen molar-refractivity contribution in [1.29, 1.82) is 0 Å². The molecule has 1 aliphatic carbocycles. The van der Waals surface area contributed by atoms with E-state index in [2.05, 4.69) is 0 Å². The van der Waals surface area contributed by atoms with Gasteiger partial charge in [0.2, 0.25) is 0 Å². The van der Waals surface area contributed by atoms with Crippen molar-refractivity contribution < 1.29 is 9.18 Å². The summed E-state index contributed by atoms with van der Waals surface area (Å²) in [5, 5.41) is 0.170. The van der Waals surface area contributed by atoms with Crippen LogP contribution in [-0.4, -0.2) is 12.5 Å². The van der Waals surface area contributed by atoms with Gasteiger partial charge in [0.15, 0.2) is 0 Å². The maximum absolute atomic E-state index is 13.0. The molecule has 0 aliphatic heterocycles. The van der Waals surface area contributed by atoms with Crippen LogP contribution in [0.25, 0.3) is 0 Å². The summed E-state index contributed by atoms with van der Waals surface area (Å²) in [6, 6.07) is 0. The lowest BCUT2D eigenvalue weighted by Crippen LogP contribution is -2.18. The van der Waals surface area contributed by atoms with Gasteiger partial charge in [-0.2, -0.15) is 0 Å². The summed E-state index contributed by atoms with van der Waals surface area (Å²) in [6.07, 6.45) is 2.42. The minimum atomic E-state index is -1.22. The second kappa shape index (κ2) is 3.18. The van der Waals surface area contributed by atoms with Crippen molar-refractivity contribution in [3.8, 4) is 0 Å². The average molecular weight is 175 g/mol. The average Bonchev–Trinajstić information content (AvgIpc) is 2.01. The van der Waals surface area contributed by atoms with Crippen molar-refractivity contribution in [3.05, 3.63) is 22.8 Å². The normalized spacial score (nSPS) is 30.8. The highest BCUT2D eigenvalue weighted by atomic mass is 35.5. The van der Waals surface area contributed by atoms with Crippen LogP contribution in [0.5, 0.6) is 0 Å². The Morgan fingerprint density at radius 2 is 2.27 bits per heavy atom. The third-order valence-electron chi connectivity index (χ3n) is 1.80. The lowest BCUT2D eigenvalue weighted by molar-refractivity contribution is -0.105. The number of allylic oxidation sites excluding steroid dienone is 4. The molecule has 0 radical (unpaired) electrons. The highest BCUT2D eigenvalue weighted by Gasteiger charge is 2.25. The zero-order valence-electron chi connectivity index (χ0n) is 6.05. The van der Waals surface area contributed by atoms with E-state index in [1.54, 1.807) is 13.0 Å². The van der Waals surface area contributed by atoms with Crippen LogP contribution in [-0.2, 0) is 4.79 Å². The molecule has 2 atom stereocenters. The van der Waals surface area contributed by atoms with Gasteiger partial charge in [-0.25, -0.2) is 4.39 Å². The molecule has 0 saturated carbocycles. The molecule has 0 aromatic carbocycles. The number of carbonyl (C=O) groups is 1. The van der Waals surface area contributed by atoms with Crippen LogP contribution < -0.4 is 0 Å². The van der Waals surface area contributed by atoms with Gasteiger partial charge >= 0.3 is 0 Å². The number of halogens is 2.